The first-order valence-electron chi connectivity index (χ1n) is 4.52. The minimum atomic E-state index is -0.554. The number of nitrogens with one attached hydrogen (secondary N) is 1. The molecule has 1 unspecified atom stereocenters. The molecule has 1 aromatic rings. The Morgan fingerprint density at radius 3 is 2.93 bits per heavy atom. The Morgan fingerprint density at radius 1 is 1.57 bits per heavy atom. The number of aliphatic hydroxyl groups is 1. The van der Waals surface area contributed by atoms with Crippen LogP contribution in [0.4, 0.5) is 5.69 Å². The largest absolute Gasteiger partial charge is 0.398 e. The average Bonchev–Trinajstić information content (AvgIpc) is 2.18. The van der Waals surface area contributed by atoms with E-state index in [1.165, 1.54) is 0 Å². The topological polar surface area (TPSA) is 58.3 Å². The Bertz CT molecular complexity index is 304. The number of rotatable bonds is 4. The molecule has 0 aliphatic rings. The summed E-state index contributed by atoms with van der Waals surface area (Å²) in [6, 6.07) is 5.13. The molecule has 0 fully saturated rings. The van der Waals surface area contributed by atoms with Gasteiger partial charge in [0, 0.05) is 16.3 Å². The van der Waals surface area contributed by atoms with Gasteiger partial charge in [-0.2, -0.15) is 0 Å². The van der Waals surface area contributed by atoms with E-state index in [0.717, 1.165) is 6.54 Å². The van der Waals surface area contributed by atoms with Crippen LogP contribution in [-0.2, 0) is 0 Å². The maximum absolute atomic E-state index is 9.78. The van der Waals surface area contributed by atoms with Crippen LogP contribution in [0.1, 0.15) is 18.1 Å². The van der Waals surface area contributed by atoms with E-state index in [0.29, 0.717) is 22.7 Å². The molecule has 3 nitrogen and oxygen atoms in total. The summed E-state index contributed by atoms with van der Waals surface area (Å²) < 4.78 is 0. The standard InChI is InChI=1S/C10H15ClN2O/c1-13-5-4-10(14)8-6-7(11)2-3-9(8)12/h2-3,6,10,13-14H,4-5,12H2,1H3. The Hall–Kier alpha value is -0.770. The molecule has 0 bridgehead atoms. The van der Waals surface area contributed by atoms with Gasteiger partial charge in [0.2, 0.25) is 0 Å². The van der Waals surface area contributed by atoms with Crippen molar-refractivity contribution in [2.24, 2.45) is 0 Å². The van der Waals surface area contributed by atoms with Crippen LogP contribution in [0.2, 0.25) is 5.02 Å². The van der Waals surface area contributed by atoms with Crippen LogP contribution in [0.5, 0.6) is 0 Å². The summed E-state index contributed by atoms with van der Waals surface area (Å²) in [6.45, 7) is 0.743. The third-order valence-electron chi connectivity index (χ3n) is 2.08. The van der Waals surface area contributed by atoms with E-state index in [-0.39, 0.29) is 0 Å². The van der Waals surface area contributed by atoms with Crippen molar-refractivity contribution in [1.29, 1.82) is 0 Å². The van der Waals surface area contributed by atoms with Gasteiger partial charge >= 0.3 is 0 Å². The number of benzene rings is 1. The molecule has 0 amide bonds. The van der Waals surface area contributed by atoms with E-state index in [1.54, 1.807) is 18.2 Å². The molecule has 14 heavy (non-hydrogen) atoms. The number of hydrogen-bond donors (Lipinski definition) is 3. The maximum atomic E-state index is 9.78. The van der Waals surface area contributed by atoms with Crippen LogP contribution in [0, 0.1) is 0 Å². The minimum Gasteiger partial charge on any atom is -0.398 e. The molecule has 0 saturated carbocycles. The predicted octanol–water partition coefficient (Wildman–Crippen LogP) is 1.57. The summed E-state index contributed by atoms with van der Waals surface area (Å²) in [4.78, 5) is 0. The van der Waals surface area contributed by atoms with E-state index < -0.39 is 6.10 Å². The highest BCUT2D eigenvalue weighted by atomic mass is 35.5. The molecule has 0 aliphatic carbocycles. The number of nitrogens with two attached hydrogens (primary N) is 1. The van der Waals surface area contributed by atoms with Gasteiger partial charge in [-0.1, -0.05) is 11.6 Å². The maximum Gasteiger partial charge on any atom is 0.0822 e. The van der Waals surface area contributed by atoms with E-state index in [2.05, 4.69) is 5.32 Å². The van der Waals surface area contributed by atoms with Crippen molar-refractivity contribution in [2.75, 3.05) is 19.3 Å². The molecule has 0 aliphatic heterocycles. The smallest absolute Gasteiger partial charge is 0.0822 e. The van der Waals surface area contributed by atoms with Crippen molar-refractivity contribution in [3.8, 4) is 0 Å². The summed E-state index contributed by atoms with van der Waals surface area (Å²) in [5, 5.41) is 13.3. The number of anilines is 1. The van der Waals surface area contributed by atoms with E-state index in [9.17, 15) is 5.11 Å². The van der Waals surface area contributed by atoms with Crippen LogP contribution < -0.4 is 11.1 Å². The van der Waals surface area contributed by atoms with Gasteiger partial charge < -0.3 is 16.2 Å². The fourth-order valence-corrected chi connectivity index (χ4v) is 1.45. The molecular weight excluding hydrogens is 200 g/mol. The zero-order chi connectivity index (χ0) is 10.6. The van der Waals surface area contributed by atoms with Crippen LogP contribution in [0.15, 0.2) is 18.2 Å². The van der Waals surface area contributed by atoms with Crippen LogP contribution in [-0.4, -0.2) is 18.7 Å². The van der Waals surface area contributed by atoms with Crippen LogP contribution in [0.3, 0.4) is 0 Å². The van der Waals surface area contributed by atoms with E-state index >= 15 is 0 Å². The molecule has 0 radical (unpaired) electrons. The number of aliphatic hydroxyl groups excluding tert-OH is 1. The van der Waals surface area contributed by atoms with Gasteiger partial charge in [0.1, 0.15) is 0 Å². The Morgan fingerprint density at radius 2 is 2.29 bits per heavy atom. The molecule has 1 atom stereocenters. The summed E-state index contributed by atoms with van der Waals surface area (Å²) in [5.74, 6) is 0. The van der Waals surface area contributed by atoms with Gasteiger partial charge in [0.05, 0.1) is 6.10 Å². The summed E-state index contributed by atoms with van der Waals surface area (Å²) in [6.07, 6.45) is 0.0715. The lowest BCUT2D eigenvalue weighted by Crippen LogP contribution is -2.12. The van der Waals surface area contributed by atoms with Crippen molar-refractivity contribution in [3.63, 3.8) is 0 Å². The first-order valence-corrected chi connectivity index (χ1v) is 4.90. The predicted molar refractivity (Wildman–Crippen MR) is 59.4 cm³/mol. The Balaban J connectivity index is 2.77. The van der Waals surface area contributed by atoms with E-state index in [4.69, 9.17) is 17.3 Å². The zero-order valence-electron chi connectivity index (χ0n) is 8.13. The van der Waals surface area contributed by atoms with Crippen molar-refractivity contribution in [3.05, 3.63) is 28.8 Å². The van der Waals surface area contributed by atoms with Crippen LogP contribution >= 0.6 is 11.6 Å². The summed E-state index contributed by atoms with van der Waals surface area (Å²) in [5.41, 5.74) is 7.01. The monoisotopic (exact) mass is 214 g/mol. The van der Waals surface area contributed by atoms with Crippen molar-refractivity contribution < 1.29 is 5.11 Å². The Labute approximate surface area is 88.9 Å². The van der Waals surface area contributed by atoms with Crippen molar-refractivity contribution in [2.45, 2.75) is 12.5 Å². The zero-order valence-corrected chi connectivity index (χ0v) is 8.88. The number of nitrogen functional groups attached to an aromatic ring is 1. The third-order valence-corrected chi connectivity index (χ3v) is 2.31. The van der Waals surface area contributed by atoms with Gasteiger partial charge in [-0.25, -0.2) is 0 Å². The van der Waals surface area contributed by atoms with Gasteiger partial charge in [-0.15, -0.1) is 0 Å². The molecule has 1 aromatic carbocycles. The van der Waals surface area contributed by atoms with Gasteiger partial charge in [-0.3, -0.25) is 0 Å². The first kappa shape index (κ1) is 11.3. The number of halogens is 1. The average molecular weight is 215 g/mol. The van der Waals surface area contributed by atoms with Gasteiger partial charge in [0.25, 0.3) is 0 Å². The lowest BCUT2D eigenvalue weighted by Gasteiger charge is -2.13. The molecule has 0 saturated heterocycles. The molecule has 78 valence electrons. The highest BCUT2D eigenvalue weighted by molar-refractivity contribution is 6.30. The van der Waals surface area contributed by atoms with E-state index in [1.807, 2.05) is 7.05 Å². The second-order valence-corrected chi connectivity index (χ2v) is 3.62. The second-order valence-electron chi connectivity index (χ2n) is 3.18. The fraction of sp³-hybridized carbons (Fsp3) is 0.400. The molecule has 0 aromatic heterocycles. The van der Waals surface area contributed by atoms with Gasteiger partial charge in [-0.05, 0) is 38.2 Å². The molecule has 0 spiro atoms. The molecule has 1 rings (SSSR count). The molecule has 4 heteroatoms. The third kappa shape index (κ3) is 2.87. The molecule has 0 heterocycles. The second kappa shape index (κ2) is 5.20. The molecular formula is C10H15ClN2O. The quantitative estimate of drug-likeness (QED) is 0.667. The van der Waals surface area contributed by atoms with Crippen molar-refractivity contribution >= 4 is 17.3 Å². The Kier molecular flexibility index (Phi) is 4.20. The van der Waals surface area contributed by atoms with Crippen LogP contribution in [0.25, 0.3) is 0 Å². The SMILES string of the molecule is CNCCC(O)c1cc(Cl)ccc1N. The lowest BCUT2D eigenvalue weighted by atomic mass is 10.0. The summed E-state index contributed by atoms with van der Waals surface area (Å²) >= 11 is 5.81. The number of hydrogen-bond acceptors (Lipinski definition) is 3. The normalized spacial score (nSPS) is 12.8. The lowest BCUT2D eigenvalue weighted by molar-refractivity contribution is 0.168. The fourth-order valence-electron chi connectivity index (χ4n) is 1.27. The van der Waals surface area contributed by atoms with Gasteiger partial charge in [0.15, 0.2) is 0 Å². The summed E-state index contributed by atoms with van der Waals surface area (Å²) in [7, 11) is 1.84. The van der Waals surface area contributed by atoms with Crippen molar-refractivity contribution in [1.82, 2.24) is 5.32 Å². The highest BCUT2D eigenvalue weighted by Crippen LogP contribution is 2.25. The highest BCUT2D eigenvalue weighted by Gasteiger charge is 2.10. The molecule has 4 N–H and O–H groups in total. The first-order chi connectivity index (χ1) is 6.65. The minimum absolute atomic E-state index is 0.554.